The average molecular weight is 227 g/mol. The molecule has 0 bridgehead atoms. The maximum Gasteiger partial charge on any atom is 0.249 e. The molecule has 0 radical (unpaired) electrons. The van der Waals surface area contributed by atoms with Crippen LogP contribution in [0.2, 0.25) is 0 Å². The zero-order valence-electron chi connectivity index (χ0n) is 8.84. The third-order valence-electron chi connectivity index (χ3n) is 2.02. The molecule has 0 unspecified atom stereocenters. The van der Waals surface area contributed by atoms with Gasteiger partial charge in [0.1, 0.15) is 6.42 Å². The van der Waals surface area contributed by atoms with Crippen LogP contribution < -0.4 is 5.32 Å². The lowest BCUT2D eigenvalue weighted by atomic mass is 10.2. The molecule has 0 saturated heterocycles. The molecule has 1 heterocycles. The zero-order chi connectivity index (χ0) is 12.1. The number of rotatable bonds is 3. The van der Waals surface area contributed by atoms with Crippen LogP contribution in [-0.2, 0) is 4.79 Å². The van der Waals surface area contributed by atoms with Gasteiger partial charge in [-0.1, -0.05) is 30.3 Å². The van der Waals surface area contributed by atoms with Crippen LogP contribution in [0.5, 0.6) is 0 Å². The van der Waals surface area contributed by atoms with Crippen LogP contribution in [0.1, 0.15) is 6.42 Å². The Morgan fingerprint density at radius 1 is 1.41 bits per heavy atom. The van der Waals surface area contributed by atoms with E-state index in [0.717, 1.165) is 5.56 Å². The number of carbonyl (C=O) groups is 1. The van der Waals surface area contributed by atoms with Gasteiger partial charge in [0.2, 0.25) is 11.9 Å². The van der Waals surface area contributed by atoms with Crippen molar-refractivity contribution in [1.29, 1.82) is 5.26 Å². The molecule has 6 heteroatoms. The number of H-pyrrole nitrogens is 1. The van der Waals surface area contributed by atoms with Gasteiger partial charge >= 0.3 is 0 Å². The summed E-state index contributed by atoms with van der Waals surface area (Å²) in [6.07, 6.45) is -0.213. The van der Waals surface area contributed by atoms with Gasteiger partial charge in [-0.25, -0.2) is 0 Å². The summed E-state index contributed by atoms with van der Waals surface area (Å²) >= 11 is 0. The summed E-state index contributed by atoms with van der Waals surface area (Å²) in [6, 6.07) is 11.2. The van der Waals surface area contributed by atoms with Crippen LogP contribution in [0, 0.1) is 11.3 Å². The molecule has 0 aliphatic heterocycles. The Balaban J connectivity index is 2.12. The molecule has 84 valence electrons. The standard InChI is InChI=1S/C11H9N5O/c12-7-6-9(17)13-11-14-10(15-16-11)8-4-2-1-3-5-8/h1-5H,6H2,(H2,13,14,15,16,17). The molecule has 2 N–H and O–H groups in total. The van der Waals surface area contributed by atoms with Gasteiger partial charge < -0.3 is 0 Å². The molecule has 1 aromatic heterocycles. The van der Waals surface area contributed by atoms with Crippen molar-refractivity contribution in [3.63, 3.8) is 0 Å². The van der Waals surface area contributed by atoms with Gasteiger partial charge in [-0.3, -0.25) is 15.2 Å². The fourth-order valence-corrected chi connectivity index (χ4v) is 1.28. The normalized spacial score (nSPS) is 9.59. The summed E-state index contributed by atoms with van der Waals surface area (Å²) < 4.78 is 0. The minimum Gasteiger partial charge on any atom is -0.292 e. The summed E-state index contributed by atoms with van der Waals surface area (Å²) in [5.41, 5.74) is 0.876. The topological polar surface area (TPSA) is 94.5 Å². The van der Waals surface area contributed by atoms with E-state index in [0.29, 0.717) is 5.82 Å². The zero-order valence-corrected chi connectivity index (χ0v) is 8.84. The number of nitrogens with one attached hydrogen (secondary N) is 2. The van der Waals surface area contributed by atoms with Crippen LogP contribution in [0.3, 0.4) is 0 Å². The van der Waals surface area contributed by atoms with E-state index in [1.165, 1.54) is 0 Å². The van der Waals surface area contributed by atoms with Gasteiger partial charge in [0.05, 0.1) is 6.07 Å². The molecule has 2 rings (SSSR count). The maximum absolute atomic E-state index is 11.1. The lowest BCUT2D eigenvalue weighted by Crippen LogP contribution is -2.11. The van der Waals surface area contributed by atoms with Gasteiger partial charge in [-0.2, -0.15) is 10.2 Å². The first kappa shape index (κ1) is 10.8. The highest BCUT2D eigenvalue weighted by atomic mass is 16.1. The Morgan fingerprint density at radius 3 is 2.88 bits per heavy atom. The molecule has 0 spiro atoms. The maximum atomic E-state index is 11.1. The van der Waals surface area contributed by atoms with E-state index in [2.05, 4.69) is 20.5 Å². The van der Waals surface area contributed by atoms with Crippen LogP contribution in [-0.4, -0.2) is 21.1 Å². The monoisotopic (exact) mass is 227 g/mol. The third kappa shape index (κ3) is 2.66. The van der Waals surface area contributed by atoms with E-state index in [-0.39, 0.29) is 12.4 Å². The molecule has 0 saturated carbocycles. The summed E-state index contributed by atoms with van der Waals surface area (Å²) in [5, 5.41) is 17.3. The van der Waals surface area contributed by atoms with Gasteiger partial charge in [-0.15, -0.1) is 5.10 Å². The molecule has 1 amide bonds. The molecule has 0 aliphatic carbocycles. The number of hydrogen-bond donors (Lipinski definition) is 2. The largest absolute Gasteiger partial charge is 0.292 e. The van der Waals surface area contributed by atoms with Crippen molar-refractivity contribution in [2.24, 2.45) is 0 Å². The highest BCUT2D eigenvalue weighted by Gasteiger charge is 2.07. The van der Waals surface area contributed by atoms with E-state index in [1.54, 1.807) is 6.07 Å². The minimum absolute atomic E-state index is 0.170. The van der Waals surface area contributed by atoms with Crippen molar-refractivity contribution in [1.82, 2.24) is 15.2 Å². The van der Waals surface area contributed by atoms with E-state index in [1.807, 2.05) is 30.3 Å². The van der Waals surface area contributed by atoms with Crippen molar-refractivity contribution in [3.05, 3.63) is 30.3 Å². The second-order valence-corrected chi connectivity index (χ2v) is 3.26. The number of nitriles is 1. The Morgan fingerprint density at radius 2 is 2.18 bits per heavy atom. The van der Waals surface area contributed by atoms with Gasteiger partial charge in [0, 0.05) is 5.56 Å². The second kappa shape index (κ2) is 4.90. The van der Waals surface area contributed by atoms with Gasteiger partial charge in [0.15, 0.2) is 5.82 Å². The first-order chi connectivity index (χ1) is 8.29. The molecule has 17 heavy (non-hydrogen) atoms. The predicted octanol–water partition coefficient (Wildman–Crippen LogP) is 1.32. The van der Waals surface area contributed by atoms with E-state index in [9.17, 15) is 4.79 Å². The molecule has 0 atom stereocenters. The van der Waals surface area contributed by atoms with Crippen molar-refractivity contribution in [3.8, 4) is 17.5 Å². The Kier molecular flexibility index (Phi) is 3.12. The first-order valence-electron chi connectivity index (χ1n) is 4.94. The van der Waals surface area contributed by atoms with Crippen LogP contribution in [0.15, 0.2) is 30.3 Å². The summed E-state index contributed by atoms with van der Waals surface area (Å²) in [5.74, 6) is 0.313. The number of nitrogens with zero attached hydrogens (tertiary/aromatic N) is 3. The second-order valence-electron chi connectivity index (χ2n) is 3.26. The Labute approximate surface area is 97.3 Å². The summed E-state index contributed by atoms with van der Waals surface area (Å²) in [7, 11) is 0. The molecular formula is C11H9N5O. The number of aromatic amines is 1. The molecule has 6 nitrogen and oxygen atoms in total. The number of benzene rings is 1. The number of hydrogen-bond acceptors (Lipinski definition) is 4. The fourth-order valence-electron chi connectivity index (χ4n) is 1.28. The lowest BCUT2D eigenvalue weighted by Gasteiger charge is -1.94. The predicted molar refractivity (Wildman–Crippen MR) is 60.7 cm³/mol. The van der Waals surface area contributed by atoms with Crippen molar-refractivity contribution < 1.29 is 4.79 Å². The third-order valence-corrected chi connectivity index (χ3v) is 2.02. The van der Waals surface area contributed by atoms with Crippen LogP contribution in [0.25, 0.3) is 11.4 Å². The van der Waals surface area contributed by atoms with Gasteiger partial charge in [-0.05, 0) is 0 Å². The van der Waals surface area contributed by atoms with Crippen LogP contribution >= 0.6 is 0 Å². The molecular weight excluding hydrogens is 218 g/mol. The van der Waals surface area contributed by atoms with E-state index < -0.39 is 5.91 Å². The van der Waals surface area contributed by atoms with Crippen LogP contribution in [0.4, 0.5) is 5.95 Å². The summed E-state index contributed by atoms with van der Waals surface area (Å²) in [4.78, 5) is 15.2. The molecule has 2 aromatic rings. The number of aromatic nitrogens is 3. The quantitative estimate of drug-likeness (QED) is 0.826. The lowest BCUT2D eigenvalue weighted by molar-refractivity contribution is -0.115. The molecule has 0 fully saturated rings. The number of carbonyl (C=O) groups excluding carboxylic acids is 1. The highest BCUT2D eigenvalue weighted by Crippen LogP contribution is 2.14. The van der Waals surface area contributed by atoms with Crippen molar-refractivity contribution >= 4 is 11.9 Å². The van der Waals surface area contributed by atoms with Crippen molar-refractivity contribution in [2.75, 3.05) is 5.32 Å². The van der Waals surface area contributed by atoms with E-state index >= 15 is 0 Å². The first-order valence-corrected chi connectivity index (χ1v) is 4.94. The Bertz CT molecular complexity index is 555. The van der Waals surface area contributed by atoms with Gasteiger partial charge in [0.25, 0.3) is 0 Å². The average Bonchev–Trinajstić information content (AvgIpc) is 2.79. The number of amides is 1. The van der Waals surface area contributed by atoms with E-state index in [4.69, 9.17) is 5.26 Å². The highest BCUT2D eigenvalue weighted by molar-refractivity contribution is 5.90. The molecule has 0 aliphatic rings. The van der Waals surface area contributed by atoms with Crippen molar-refractivity contribution in [2.45, 2.75) is 6.42 Å². The summed E-state index contributed by atoms with van der Waals surface area (Å²) in [6.45, 7) is 0. The Hall–Kier alpha value is -2.68. The fraction of sp³-hybridized carbons (Fsp3) is 0.0909. The smallest absolute Gasteiger partial charge is 0.249 e. The SMILES string of the molecule is N#CCC(=O)Nc1n[nH]c(-c2ccccc2)n1. The molecule has 1 aromatic carbocycles. The number of anilines is 1. The minimum atomic E-state index is -0.425.